The molecule has 0 fully saturated rings. The van der Waals surface area contributed by atoms with Gasteiger partial charge >= 0.3 is 0 Å². The molecule has 17 heavy (non-hydrogen) atoms. The predicted molar refractivity (Wildman–Crippen MR) is 72.9 cm³/mol. The van der Waals surface area contributed by atoms with Crippen LogP contribution in [-0.4, -0.2) is 11.1 Å². The molecule has 0 spiro atoms. The van der Waals surface area contributed by atoms with Crippen molar-refractivity contribution in [2.24, 2.45) is 0 Å². The lowest BCUT2D eigenvalue weighted by molar-refractivity contribution is 0.200. The lowest BCUT2D eigenvalue weighted by Crippen LogP contribution is -2.12. The molecule has 0 bridgehead atoms. The van der Waals surface area contributed by atoms with E-state index in [-0.39, 0.29) is 6.10 Å². The van der Waals surface area contributed by atoms with Crippen molar-refractivity contribution < 1.29 is 4.74 Å². The van der Waals surface area contributed by atoms with Crippen molar-refractivity contribution in [2.75, 3.05) is 0 Å². The van der Waals surface area contributed by atoms with Crippen molar-refractivity contribution in [3.05, 3.63) is 23.4 Å². The van der Waals surface area contributed by atoms with Gasteiger partial charge < -0.3 is 4.74 Å². The van der Waals surface area contributed by atoms with Gasteiger partial charge in [0.1, 0.15) is 0 Å². The lowest BCUT2D eigenvalue weighted by Gasteiger charge is -2.15. The molecule has 1 atom stereocenters. The Morgan fingerprint density at radius 1 is 1.29 bits per heavy atom. The van der Waals surface area contributed by atoms with Crippen molar-refractivity contribution in [2.45, 2.75) is 58.4 Å². The van der Waals surface area contributed by atoms with Gasteiger partial charge in [-0.3, -0.25) is 0 Å². The van der Waals surface area contributed by atoms with E-state index in [2.05, 4.69) is 38.7 Å². The molecule has 0 saturated carbocycles. The van der Waals surface area contributed by atoms with Crippen LogP contribution in [0.3, 0.4) is 0 Å². The predicted octanol–water partition coefficient (Wildman–Crippen LogP) is 4.51. The Labute approximate surface area is 109 Å². The van der Waals surface area contributed by atoms with Crippen LogP contribution in [0.15, 0.2) is 12.1 Å². The standard InChI is InChI=1S/C14H22ClNO/c1-5-6-11(4)17-14-8-12(9-15)7-13(16-14)10(2)3/h7-8,10-11H,5-6,9H2,1-4H3. The molecule has 0 aliphatic heterocycles. The van der Waals surface area contributed by atoms with E-state index in [0.717, 1.165) is 24.1 Å². The number of hydrogen-bond donors (Lipinski definition) is 0. The van der Waals surface area contributed by atoms with Crippen molar-refractivity contribution in [3.8, 4) is 5.88 Å². The first kappa shape index (κ1) is 14.3. The average molecular weight is 256 g/mol. The topological polar surface area (TPSA) is 22.1 Å². The zero-order valence-electron chi connectivity index (χ0n) is 11.2. The van der Waals surface area contributed by atoms with E-state index in [1.165, 1.54) is 0 Å². The number of aromatic nitrogens is 1. The van der Waals surface area contributed by atoms with E-state index >= 15 is 0 Å². The summed E-state index contributed by atoms with van der Waals surface area (Å²) in [6.45, 7) is 8.48. The molecule has 0 saturated heterocycles. The molecule has 0 amide bonds. The SMILES string of the molecule is CCCC(C)Oc1cc(CCl)cc(C(C)C)n1. The Morgan fingerprint density at radius 3 is 2.53 bits per heavy atom. The summed E-state index contributed by atoms with van der Waals surface area (Å²) in [7, 11) is 0. The maximum atomic E-state index is 5.89. The van der Waals surface area contributed by atoms with Gasteiger partial charge in [0.25, 0.3) is 0 Å². The van der Waals surface area contributed by atoms with Crippen LogP contribution in [-0.2, 0) is 5.88 Å². The van der Waals surface area contributed by atoms with Gasteiger partial charge in [-0.15, -0.1) is 11.6 Å². The summed E-state index contributed by atoms with van der Waals surface area (Å²) in [5.41, 5.74) is 2.12. The van der Waals surface area contributed by atoms with E-state index in [4.69, 9.17) is 16.3 Å². The normalized spacial score (nSPS) is 12.8. The summed E-state index contributed by atoms with van der Waals surface area (Å²) in [6.07, 6.45) is 2.37. The maximum Gasteiger partial charge on any atom is 0.214 e. The smallest absolute Gasteiger partial charge is 0.214 e. The summed E-state index contributed by atoms with van der Waals surface area (Å²) in [6, 6.07) is 3.99. The van der Waals surface area contributed by atoms with Gasteiger partial charge in [-0.05, 0) is 30.9 Å². The number of ether oxygens (including phenoxy) is 1. The summed E-state index contributed by atoms with van der Waals surface area (Å²) < 4.78 is 5.82. The second kappa shape index (κ2) is 6.85. The number of alkyl halides is 1. The molecule has 1 heterocycles. The maximum absolute atomic E-state index is 5.89. The Bertz CT molecular complexity index is 352. The summed E-state index contributed by atoms with van der Waals surface area (Å²) >= 11 is 5.89. The van der Waals surface area contributed by atoms with Crippen LogP contribution in [0.2, 0.25) is 0 Å². The molecule has 0 aromatic carbocycles. The minimum atomic E-state index is 0.207. The minimum Gasteiger partial charge on any atom is -0.475 e. The van der Waals surface area contributed by atoms with Crippen molar-refractivity contribution in [3.63, 3.8) is 0 Å². The van der Waals surface area contributed by atoms with Gasteiger partial charge in [-0.1, -0.05) is 27.2 Å². The number of hydrogen-bond acceptors (Lipinski definition) is 2. The van der Waals surface area contributed by atoms with Crippen LogP contribution in [0.5, 0.6) is 5.88 Å². The third-order valence-corrected chi connectivity index (χ3v) is 2.95. The van der Waals surface area contributed by atoms with Crippen molar-refractivity contribution >= 4 is 11.6 Å². The van der Waals surface area contributed by atoms with Crippen LogP contribution in [0, 0.1) is 0 Å². The number of nitrogens with zero attached hydrogens (tertiary/aromatic N) is 1. The Kier molecular flexibility index (Phi) is 5.76. The van der Waals surface area contributed by atoms with Crippen molar-refractivity contribution in [1.29, 1.82) is 0 Å². The Balaban J connectivity index is 2.87. The highest BCUT2D eigenvalue weighted by Crippen LogP contribution is 2.21. The molecular weight excluding hydrogens is 234 g/mol. The fourth-order valence-electron chi connectivity index (χ4n) is 1.69. The van der Waals surface area contributed by atoms with Crippen LogP contribution in [0.4, 0.5) is 0 Å². The number of pyridine rings is 1. The largest absolute Gasteiger partial charge is 0.475 e. The van der Waals surface area contributed by atoms with E-state index in [1.807, 2.05) is 6.07 Å². The quantitative estimate of drug-likeness (QED) is 0.698. The van der Waals surface area contributed by atoms with Gasteiger partial charge in [-0.25, -0.2) is 4.98 Å². The first-order valence-corrected chi connectivity index (χ1v) is 6.83. The van der Waals surface area contributed by atoms with Crippen LogP contribution >= 0.6 is 11.6 Å². The van der Waals surface area contributed by atoms with E-state index in [1.54, 1.807) is 0 Å². The third kappa shape index (κ3) is 4.55. The minimum absolute atomic E-state index is 0.207. The second-order valence-electron chi connectivity index (χ2n) is 4.74. The van der Waals surface area contributed by atoms with Crippen LogP contribution < -0.4 is 4.74 Å². The monoisotopic (exact) mass is 255 g/mol. The third-order valence-electron chi connectivity index (χ3n) is 2.64. The zero-order valence-corrected chi connectivity index (χ0v) is 11.9. The molecule has 0 aliphatic rings. The summed E-state index contributed by atoms with van der Waals surface area (Å²) in [5.74, 6) is 1.59. The molecule has 1 aromatic rings. The Morgan fingerprint density at radius 2 is 2.00 bits per heavy atom. The highest BCUT2D eigenvalue weighted by molar-refractivity contribution is 6.17. The summed E-state index contributed by atoms with van der Waals surface area (Å²) in [5, 5.41) is 0. The van der Waals surface area contributed by atoms with E-state index in [0.29, 0.717) is 17.7 Å². The zero-order chi connectivity index (χ0) is 12.8. The lowest BCUT2D eigenvalue weighted by atomic mass is 10.1. The number of rotatable bonds is 6. The Hall–Kier alpha value is -0.760. The second-order valence-corrected chi connectivity index (χ2v) is 5.01. The molecule has 0 aliphatic carbocycles. The fourth-order valence-corrected chi connectivity index (χ4v) is 1.84. The van der Waals surface area contributed by atoms with Gasteiger partial charge in [-0.2, -0.15) is 0 Å². The van der Waals surface area contributed by atoms with E-state index in [9.17, 15) is 0 Å². The molecule has 0 radical (unpaired) electrons. The van der Waals surface area contributed by atoms with Crippen LogP contribution in [0.1, 0.15) is 57.7 Å². The fraction of sp³-hybridized carbons (Fsp3) is 0.643. The molecule has 0 N–H and O–H groups in total. The van der Waals surface area contributed by atoms with Crippen molar-refractivity contribution in [1.82, 2.24) is 4.98 Å². The summed E-state index contributed by atoms with van der Waals surface area (Å²) in [4.78, 5) is 4.52. The highest BCUT2D eigenvalue weighted by Gasteiger charge is 2.09. The molecule has 2 nitrogen and oxygen atoms in total. The average Bonchev–Trinajstić information content (AvgIpc) is 2.28. The molecule has 3 heteroatoms. The molecular formula is C14H22ClNO. The first-order chi connectivity index (χ1) is 8.06. The molecule has 96 valence electrons. The molecule has 1 rings (SSSR count). The van der Waals surface area contributed by atoms with E-state index < -0.39 is 0 Å². The molecule has 1 unspecified atom stereocenters. The molecule has 1 aromatic heterocycles. The van der Waals surface area contributed by atoms with Gasteiger partial charge in [0.15, 0.2) is 0 Å². The first-order valence-electron chi connectivity index (χ1n) is 6.30. The van der Waals surface area contributed by atoms with Gasteiger partial charge in [0, 0.05) is 17.6 Å². The van der Waals surface area contributed by atoms with Gasteiger partial charge in [0.2, 0.25) is 5.88 Å². The van der Waals surface area contributed by atoms with Gasteiger partial charge in [0.05, 0.1) is 6.10 Å². The highest BCUT2D eigenvalue weighted by atomic mass is 35.5. The number of halogens is 1. The van der Waals surface area contributed by atoms with Crippen LogP contribution in [0.25, 0.3) is 0 Å².